The second kappa shape index (κ2) is 8.69. The van der Waals surface area contributed by atoms with Crippen LogP contribution in [0.15, 0.2) is 54.3 Å². The fraction of sp³-hybridized carbons (Fsp3) is 0.333. The minimum Gasteiger partial charge on any atom is -0.449 e. The van der Waals surface area contributed by atoms with Crippen molar-refractivity contribution in [3.63, 3.8) is 0 Å². The van der Waals surface area contributed by atoms with E-state index in [0.29, 0.717) is 22.9 Å². The lowest BCUT2D eigenvalue weighted by molar-refractivity contribution is -0.124. The van der Waals surface area contributed by atoms with Crippen LogP contribution in [0.3, 0.4) is 0 Å². The SMILES string of the molecule is C[C@H]1CCCC[C@@H]1NC(=O)CN1C(=O)/C(=C\c2cccc(F)c2)Oc2ccccc21. The van der Waals surface area contributed by atoms with E-state index in [2.05, 4.69) is 12.2 Å². The second-order valence-electron chi connectivity index (χ2n) is 7.96. The second-order valence-corrected chi connectivity index (χ2v) is 7.96. The van der Waals surface area contributed by atoms with E-state index in [1.807, 2.05) is 0 Å². The Morgan fingerprint density at radius 3 is 2.80 bits per heavy atom. The molecule has 1 saturated carbocycles. The van der Waals surface area contributed by atoms with Crippen LogP contribution in [0, 0.1) is 11.7 Å². The predicted molar refractivity (Wildman–Crippen MR) is 113 cm³/mol. The number of halogens is 1. The molecule has 4 rings (SSSR count). The number of fused-ring (bicyclic) bond motifs is 1. The summed E-state index contributed by atoms with van der Waals surface area (Å²) in [6, 6.07) is 13.2. The summed E-state index contributed by atoms with van der Waals surface area (Å²) >= 11 is 0. The molecule has 5 nitrogen and oxygen atoms in total. The Balaban J connectivity index is 1.57. The lowest BCUT2D eigenvalue weighted by Gasteiger charge is -2.32. The predicted octanol–water partition coefficient (Wildman–Crippen LogP) is 4.29. The maximum atomic E-state index is 13.5. The molecule has 0 radical (unpaired) electrons. The Morgan fingerprint density at radius 1 is 1.20 bits per heavy atom. The zero-order chi connectivity index (χ0) is 21.1. The third kappa shape index (κ3) is 4.37. The van der Waals surface area contributed by atoms with Crippen molar-refractivity contribution in [1.82, 2.24) is 5.32 Å². The Kier molecular flexibility index (Phi) is 5.84. The number of carbonyl (C=O) groups excluding carboxylic acids is 2. The quantitative estimate of drug-likeness (QED) is 0.768. The molecule has 6 heteroatoms. The summed E-state index contributed by atoms with van der Waals surface area (Å²) in [6.45, 7) is 2.06. The molecule has 0 unspecified atom stereocenters. The van der Waals surface area contributed by atoms with Crippen LogP contribution in [0.1, 0.15) is 38.2 Å². The van der Waals surface area contributed by atoms with Gasteiger partial charge in [0, 0.05) is 6.04 Å². The molecule has 156 valence electrons. The number of hydrogen-bond acceptors (Lipinski definition) is 3. The average Bonchev–Trinajstić information content (AvgIpc) is 2.73. The van der Waals surface area contributed by atoms with Gasteiger partial charge in [0.05, 0.1) is 5.69 Å². The van der Waals surface area contributed by atoms with Gasteiger partial charge >= 0.3 is 0 Å². The molecule has 0 bridgehead atoms. The third-order valence-corrected chi connectivity index (χ3v) is 5.74. The van der Waals surface area contributed by atoms with E-state index in [0.717, 1.165) is 19.3 Å². The van der Waals surface area contributed by atoms with E-state index in [4.69, 9.17) is 4.74 Å². The zero-order valence-electron chi connectivity index (χ0n) is 16.9. The van der Waals surface area contributed by atoms with E-state index in [-0.39, 0.29) is 24.3 Å². The molecule has 2 aromatic carbocycles. The van der Waals surface area contributed by atoms with Crippen LogP contribution in [0.25, 0.3) is 6.08 Å². The minimum absolute atomic E-state index is 0.0538. The van der Waals surface area contributed by atoms with Crippen molar-refractivity contribution < 1.29 is 18.7 Å². The lowest BCUT2D eigenvalue weighted by Crippen LogP contribution is -2.48. The highest BCUT2D eigenvalue weighted by molar-refractivity contribution is 6.12. The van der Waals surface area contributed by atoms with Crippen molar-refractivity contribution >= 4 is 23.6 Å². The molecule has 0 aromatic heterocycles. The summed E-state index contributed by atoms with van der Waals surface area (Å²) in [5, 5.41) is 3.10. The van der Waals surface area contributed by atoms with Crippen molar-refractivity contribution in [1.29, 1.82) is 0 Å². The normalized spacial score (nSPS) is 22.4. The minimum atomic E-state index is -0.426. The first-order chi connectivity index (χ1) is 14.5. The molecule has 0 spiro atoms. The zero-order valence-corrected chi connectivity index (χ0v) is 16.9. The van der Waals surface area contributed by atoms with Gasteiger partial charge in [0.25, 0.3) is 5.91 Å². The van der Waals surface area contributed by atoms with Gasteiger partial charge in [0.1, 0.15) is 12.4 Å². The number of para-hydroxylation sites is 2. The van der Waals surface area contributed by atoms with Gasteiger partial charge in [-0.15, -0.1) is 0 Å². The number of nitrogens with zero attached hydrogens (tertiary/aromatic N) is 1. The first kappa shape index (κ1) is 20.1. The van der Waals surface area contributed by atoms with Crippen molar-refractivity contribution in [3.05, 3.63) is 65.7 Å². The molecule has 1 N–H and O–H groups in total. The summed E-state index contributed by atoms with van der Waals surface area (Å²) in [6.07, 6.45) is 5.86. The van der Waals surface area contributed by atoms with Gasteiger partial charge < -0.3 is 10.1 Å². The third-order valence-electron chi connectivity index (χ3n) is 5.74. The summed E-state index contributed by atoms with van der Waals surface area (Å²) in [7, 11) is 0. The van der Waals surface area contributed by atoms with Gasteiger partial charge in [-0.3, -0.25) is 14.5 Å². The Morgan fingerprint density at radius 2 is 2.00 bits per heavy atom. The fourth-order valence-corrected chi connectivity index (χ4v) is 4.09. The molecule has 1 aliphatic heterocycles. The summed E-state index contributed by atoms with van der Waals surface area (Å²) in [5.74, 6) is -0.0462. The van der Waals surface area contributed by atoms with Gasteiger partial charge in [-0.2, -0.15) is 0 Å². The van der Waals surface area contributed by atoms with Crippen LogP contribution in [-0.4, -0.2) is 24.4 Å². The highest BCUT2D eigenvalue weighted by Crippen LogP contribution is 2.35. The number of nitrogens with one attached hydrogen (secondary N) is 1. The molecular weight excluding hydrogens is 383 g/mol. The Bertz CT molecular complexity index is 988. The van der Waals surface area contributed by atoms with E-state index < -0.39 is 11.7 Å². The van der Waals surface area contributed by atoms with Crippen molar-refractivity contribution in [2.24, 2.45) is 5.92 Å². The molecule has 2 atom stereocenters. The van der Waals surface area contributed by atoms with Gasteiger partial charge in [0.15, 0.2) is 11.5 Å². The summed E-state index contributed by atoms with van der Waals surface area (Å²) in [5.41, 5.74) is 1.06. The maximum absolute atomic E-state index is 13.5. The Labute approximate surface area is 175 Å². The fourth-order valence-electron chi connectivity index (χ4n) is 4.09. The van der Waals surface area contributed by atoms with Crippen LogP contribution in [-0.2, 0) is 9.59 Å². The molecule has 2 aliphatic rings. The average molecular weight is 408 g/mol. The summed E-state index contributed by atoms with van der Waals surface area (Å²) < 4.78 is 19.3. The van der Waals surface area contributed by atoms with Gasteiger partial charge in [-0.25, -0.2) is 4.39 Å². The van der Waals surface area contributed by atoms with E-state index >= 15 is 0 Å². The van der Waals surface area contributed by atoms with Crippen molar-refractivity contribution in [2.45, 2.75) is 38.6 Å². The molecule has 30 heavy (non-hydrogen) atoms. The molecule has 1 fully saturated rings. The van der Waals surface area contributed by atoms with Gasteiger partial charge in [0.2, 0.25) is 5.91 Å². The molecule has 1 heterocycles. The number of amides is 2. The number of rotatable bonds is 4. The highest BCUT2D eigenvalue weighted by atomic mass is 19.1. The largest absolute Gasteiger partial charge is 0.449 e. The number of carbonyl (C=O) groups is 2. The number of hydrogen-bond donors (Lipinski definition) is 1. The van der Waals surface area contributed by atoms with E-state index in [1.165, 1.54) is 29.5 Å². The molecule has 2 amide bonds. The Hall–Kier alpha value is -3.15. The van der Waals surface area contributed by atoms with Crippen LogP contribution >= 0.6 is 0 Å². The molecule has 0 saturated heterocycles. The number of benzene rings is 2. The van der Waals surface area contributed by atoms with Crippen molar-refractivity contribution in [2.75, 3.05) is 11.4 Å². The van der Waals surface area contributed by atoms with Crippen LogP contribution in [0.2, 0.25) is 0 Å². The lowest BCUT2D eigenvalue weighted by atomic mass is 9.86. The maximum Gasteiger partial charge on any atom is 0.294 e. The number of ether oxygens (including phenoxy) is 1. The topological polar surface area (TPSA) is 58.6 Å². The molecule has 2 aromatic rings. The monoisotopic (exact) mass is 408 g/mol. The van der Waals surface area contributed by atoms with Crippen LogP contribution in [0.4, 0.5) is 10.1 Å². The first-order valence-electron chi connectivity index (χ1n) is 10.4. The highest BCUT2D eigenvalue weighted by Gasteiger charge is 2.32. The van der Waals surface area contributed by atoms with Gasteiger partial charge in [-0.1, -0.05) is 44.0 Å². The number of anilines is 1. The molecular formula is C24H25FN2O3. The first-order valence-corrected chi connectivity index (χ1v) is 10.4. The standard InChI is InChI=1S/C24H25FN2O3/c1-16-7-2-3-10-19(16)26-23(28)15-27-20-11-4-5-12-21(20)30-22(24(27)29)14-17-8-6-9-18(25)13-17/h4-6,8-9,11-14,16,19H,2-3,7,10,15H2,1H3,(H,26,28)/b22-14+/t16-,19-/m0/s1. The smallest absolute Gasteiger partial charge is 0.294 e. The van der Waals surface area contributed by atoms with Crippen LogP contribution in [0.5, 0.6) is 5.75 Å². The van der Waals surface area contributed by atoms with E-state index in [9.17, 15) is 14.0 Å². The molecule has 1 aliphatic carbocycles. The van der Waals surface area contributed by atoms with Crippen LogP contribution < -0.4 is 15.0 Å². The summed E-state index contributed by atoms with van der Waals surface area (Å²) in [4.78, 5) is 27.3. The van der Waals surface area contributed by atoms with Gasteiger partial charge in [-0.05, 0) is 54.7 Å². The van der Waals surface area contributed by atoms with E-state index in [1.54, 1.807) is 36.4 Å². The van der Waals surface area contributed by atoms with Crippen molar-refractivity contribution in [3.8, 4) is 5.75 Å².